The van der Waals surface area contributed by atoms with Gasteiger partial charge in [0, 0.05) is 12.7 Å². The maximum Gasteiger partial charge on any atom is 0.237 e. The van der Waals surface area contributed by atoms with Gasteiger partial charge in [-0.15, -0.1) is 0 Å². The van der Waals surface area contributed by atoms with E-state index in [4.69, 9.17) is 4.74 Å². The molecule has 0 saturated carbocycles. The van der Waals surface area contributed by atoms with Gasteiger partial charge in [0.2, 0.25) is 5.88 Å². The van der Waals surface area contributed by atoms with Gasteiger partial charge in [0.15, 0.2) is 0 Å². The third-order valence-corrected chi connectivity index (χ3v) is 2.09. The first-order valence-corrected chi connectivity index (χ1v) is 5.48. The smallest absolute Gasteiger partial charge is 0.237 e. The Morgan fingerprint density at radius 1 is 1.24 bits per heavy atom. The molecule has 0 radical (unpaired) electrons. The monoisotopic (exact) mass is 230 g/mol. The zero-order valence-corrected chi connectivity index (χ0v) is 9.63. The number of nitrogens with zero attached hydrogens (tertiary/aromatic N) is 3. The predicted molar refractivity (Wildman–Crippen MR) is 63.7 cm³/mol. The molecule has 0 aliphatic carbocycles. The molecule has 2 aromatic heterocycles. The van der Waals surface area contributed by atoms with Crippen molar-refractivity contribution in [2.75, 3.05) is 6.54 Å². The number of hydrogen-bond acceptors (Lipinski definition) is 5. The second kappa shape index (κ2) is 5.91. The standard InChI is InChI=1S/C12H14N4O/c1-2-13-6-10-7-16-12(9-15-10)17-11-4-3-5-14-8-11/h3-5,7-9,13H,2,6H2,1H3. The van der Waals surface area contributed by atoms with Gasteiger partial charge in [-0.25, -0.2) is 4.98 Å². The Labute approximate surface area is 99.9 Å². The fourth-order valence-electron chi connectivity index (χ4n) is 1.27. The minimum Gasteiger partial charge on any atom is -0.436 e. The largest absolute Gasteiger partial charge is 0.436 e. The fourth-order valence-corrected chi connectivity index (χ4v) is 1.27. The molecule has 0 spiro atoms. The van der Waals surface area contributed by atoms with Crippen LogP contribution in [0.2, 0.25) is 0 Å². The van der Waals surface area contributed by atoms with E-state index in [2.05, 4.69) is 20.3 Å². The summed E-state index contributed by atoms with van der Waals surface area (Å²) < 4.78 is 5.48. The van der Waals surface area contributed by atoms with Crippen molar-refractivity contribution in [3.05, 3.63) is 42.6 Å². The Morgan fingerprint density at radius 2 is 2.18 bits per heavy atom. The van der Waals surface area contributed by atoms with Crippen LogP contribution in [0.15, 0.2) is 36.9 Å². The highest BCUT2D eigenvalue weighted by atomic mass is 16.5. The Balaban J connectivity index is 1.98. The van der Waals surface area contributed by atoms with Crippen molar-refractivity contribution in [1.29, 1.82) is 0 Å². The number of hydrogen-bond donors (Lipinski definition) is 1. The van der Waals surface area contributed by atoms with Crippen LogP contribution in [0.25, 0.3) is 0 Å². The van der Waals surface area contributed by atoms with E-state index in [1.165, 1.54) is 0 Å². The first-order valence-electron chi connectivity index (χ1n) is 5.48. The minimum atomic E-state index is 0.471. The van der Waals surface area contributed by atoms with Crippen LogP contribution in [0, 0.1) is 0 Å². The zero-order valence-electron chi connectivity index (χ0n) is 9.63. The lowest BCUT2D eigenvalue weighted by molar-refractivity contribution is 0.456. The third-order valence-electron chi connectivity index (χ3n) is 2.09. The molecule has 0 bridgehead atoms. The molecule has 0 amide bonds. The van der Waals surface area contributed by atoms with Crippen LogP contribution in [-0.2, 0) is 6.54 Å². The van der Waals surface area contributed by atoms with Crippen LogP contribution < -0.4 is 10.1 Å². The summed E-state index contributed by atoms with van der Waals surface area (Å²) in [5, 5.41) is 3.18. The van der Waals surface area contributed by atoms with E-state index < -0.39 is 0 Å². The van der Waals surface area contributed by atoms with Crippen LogP contribution in [0.5, 0.6) is 11.6 Å². The fraction of sp³-hybridized carbons (Fsp3) is 0.250. The van der Waals surface area contributed by atoms with Crippen molar-refractivity contribution in [3.63, 3.8) is 0 Å². The van der Waals surface area contributed by atoms with E-state index >= 15 is 0 Å². The second-order valence-electron chi connectivity index (χ2n) is 3.42. The summed E-state index contributed by atoms with van der Waals surface area (Å²) in [5.74, 6) is 1.12. The maximum absolute atomic E-state index is 5.48. The molecular formula is C12H14N4O. The summed E-state index contributed by atoms with van der Waals surface area (Å²) in [4.78, 5) is 12.4. The zero-order chi connectivity index (χ0) is 11.9. The molecule has 2 heterocycles. The average Bonchev–Trinajstić information content (AvgIpc) is 2.39. The van der Waals surface area contributed by atoms with Crippen LogP contribution in [0.3, 0.4) is 0 Å². The van der Waals surface area contributed by atoms with Crippen molar-refractivity contribution < 1.29 is 4.74 Å². The summed E-state index contributed by atoms with van der Waals surface area (Å²) >= 11 is 0. The van der Waals surface area contributed by atoms with Gasteiger partial charge in [-0.2, -0.15) is 0 Å². The Morgan fingerprint density at radius 3 is 2.82 bits per heavy atom. The summed E-state index contributed by atoms with van der Waals surface area (Å²) in [6, 6.07) is 3.63. The Bertz CT molecular complexity index is 444. The molecule has 5 heteroatoms. The molecule has 0 unspecified atom stereocenters. The lowest BCUT2D eigenvalue weighted by Crippen LogP contribution is -2.13. The number of ether oxygens (including phenoxy) is 1. The second-order valence-corrected chi connectivity index (χ2v) is 3.42. The molecule has 2 rings (SSSR count). The highest BCUT2D eigenvalue weighted by Gasteiger charge is 1.99. The number of rotatable bonds is 5. The highest BCUT2D eigenvalue weighted by molar-refractivity contribution is 5.21. The molecule has 1 N–H and O–H groups in total. The third kappa shape index (κ3) is 3.49. The molecule has 2 aromatic rings. The predicted octanol–water partition coefficient (Wildman–Crippen LogP) is 1.77. The molecule has 0 atom stereocenters. The topological polar surface area (TPSA) is 59.9 Å². The van der Waals surface area contributed by atoms with Crippen molar-refractivity contribution in [2.24, 2.45) is 0 Å². The van der Waals surface area contributed by atoms with Crippen molar-refractivity contribution in [2.45, 2.75) is 13.5 Å². The number of aromatic nitrogens is 3. The van der Waals surface area contributed by atoms with Crippen LogP contribution in [0.1, 0.15) is 12.6 Å². The van der Waals surface area contributed by atoms with E-state index in [-0.39, 0.29) is 0 Å². The first kappa shape index (κ1) is 11.5. The van der Waals surface area contributed by atoms with Gasteiger partial charge in [-0.1, -0.05) is 6.92 Å². The van der Waals surface area contributed by atoms with Gasteiger partial charge in [-0.3, -0.25) is 9.97 Å². The molecule has 0 aliphatic rings. The molecule has 0 fully saturated rings. The van der Waals surface area contributed by atoms with E-state index in [1.54, 1.807) is 24.8 Å². The Kier molecular flexibility index (Phi) is 3.99. The van der Waals surface area contributed by atoms with Gasteiger partial charge < -0.3 is 10.1 Å². The Hall–Kier alpha value is -2.01. The summed E-state index contributed by atoms with van der Waals surface area (Å²) in [6.45, 7) is 3.68. The van der Waals surface area contributed by atoms with Crippen molar-refractivity contribution in [3.8, 4) is 11.6 Å². The summed E-state index contributed by atoms with van der Waals surface area (Å²) in [7, 11) is 0. The van der Waals surface area contributed by atoms with Crippen LogP contribution >= 0.6 is 0 Å². The molecule has 17 heavy (non-hydrogen) atoms. The van der Waals surface area contributed by atoms with Crippen LogP contribution in [0.4, 0.5) is 0 Å². The number of nitrogens with one attached hydrogen (secondary N) is 1. The van der Waals surface area contributed by atoms with E-state index in [0.717, 1.165) is 18.8 Å². The summed E-state index contributed by atoms with van der Waals surface area (Å²) in [5.41, 5.74) is 0.894. The van der Waals surface area contributed by atoms with E-state index in [0.29, 0.717) is 11.6 Å². The van der Waals surface area contributed by atoms with Gasteiger partial charge >= 0.3 is 0 Å². The molecule has 0 saturated heterocycles. The molecule has 0 aromatic carbocycles. The normalized spacial score (nSPS) is 10.2. The van der Waals surface area contributed by atoms with E-state index in [1.807, 2.05) is 19.1 Å². The maximum atomic E-state index is 5.48. The van der Waals surface area contributed by atoms with Crippen LogP contribution in [-0.4, -0.2) is 21.5 Å². The summed E-state index contributed by atoms with van der Waals surface area (Å²) in [6.07, 6.45) is 6.64. The van der Waals surface area contributed by atoms with E-state index in [9.17, 15) is 0 Å². The minimum absolute atomic E-state index is 0.471. The molecular weight excluding hydrogens is 216 g/mol. The van der Waals surface area contributed by atoms with Crippen molar-refractivity contribution in [1.82, 2.24) is 20.3 Å². The lowest BCUT2D eigenvalue weighted by atomic mass is 10.4. The first-order chi connectivity index (χ1) is 8.38. The van der Waals surface area contributed by atoms with Gasteiger partial charge in [0.25, 0.3) is 0 Å². The molecule has 5 nitrogen and oxygen atoms in total. The average molecular weight is 230 g/mol. The van der Waals surface area contributed by atoms with Gasteiger partial charge in [-0.05, 0) is 18.7 Å². The SMILES string of the molecule is CCNCc1cnc(Oc2cccnc2)cn1. The van der Waals surface area contributed by atoms with Gasteiger partial charge in [0.1, 0.15) is 5.75 Å². The molecule has 88 valence electrons. The lowest BCUT2D eigenvalue weighted by Gasteiger charge is -2.04. The van der Waals surface area contributed by atoms with Gasteiger partial charge in [0.05, 0.1) is 24.3 Å². The molecule has 0 aliphatic heterocycles. The highest BCUT2D eigenvalue weighted by Crippen LogP contribution is 2.16. The number of pyridine rings is 1. The quantitative estimate of drug-likeness (QED) is 0.848. The van der Waals surface area contributed by atoms with Crippen molar-refractivity contribution >= 4 is 0 Å².